The van der Waals surface area contributed by atoms with Crippen molar-refractivity contribution in [2.24, 2.45) is 5.73 Å². The predicted octanol–water partition coefficient (Wildman–Crippen LogP) is 1.15. The van der Waals surface area contributed by atoms with Crippen LogP contribution >= 0.6 is 0 Å². The molecule has 0 spiro atoms. The van der Waals surface area contributed by atoms with Gasteiger partial charge >= 0.3 is 6.18 Å². The quantitative estimate of drug-likeness (QED) is 0.819. The lowest BCUT2D eigenvalue weighted by Crippen LogP contribution is -2.53. The van der Waals surface area contributed by atoms with Crippen molar-refractivity contribution in [3.8, 4) is 0 Å². The number of rotatable bonds is 6. The van der Waals surface area contributed by atoms with Gasteiger partial charge in [-0.05, 0) is 19.9 Å². The number of hydrogen-bond donors (Lipinski definition) is 2. The smallest absolute Gasteiger partial charge is 0.368 e. The summed E-state index contributed by atoms with van der Waals surface area (Å²) in [6, 6.07) is 0. The Morgan fingerprint density at radius 3 is 2.58 bits per heavy atom. The van der Waals surface area contributed by atoms with E-state index in [1.807, 2.05) is 6.92 Å². The molecule has 0 bridgehead atoms. The number of nitrogens with zero attached hydrogens (tertiary/aromatic N) is 2. The van der Waals surface area contributed by atoms with Gasteiger partial charge in [0, 0.05) is 12.7 Å². The number of carbonyl (C=O) groups excluding carboxylic acids is 1. The normalized spacial score (nSPS) is 15.2. The minimum absolute atomic E-state index is 0.169. The van der Waals surface area contributed by atoms with Crippen LogP contribution in [0.3, 0.4) is 0 Å². The minimum Gasteiger partial charge on any atom is -0.368 e. The van der Waals surface area contributed by atoms with Crippen molar-refractivity contribution in [2.45, 2.75) is 38.5 Å². The fourth-order valence-electron chi connectivity index (χ4n) is 1.66. The molecule has 5 nitrogen and oxygen atoms in total. The molecule has 0 saturated carbocycles. The Morgan fingerprint density at radius 2 is 2.16 bits per heavy atom. The third-order valence-corrected chi connectivity index (χ3v) is 2.91. The lowest BCUT2D eigenvalue weighted by Gasteiger charge is -2.26. The number of aromatic nitrogens is 2. The number of amides is 1. The van der Waals surface area contributed by atoms with E-state index < -0.39 is 23.2 Å². The monoisotopic (exact) mass is 278 g/mol. The van der Waals surface area contributed by atoms with Gasteiger partial charge in [0.2, 0.25) is 5.91 Å². The number of likely N-dealkylation sites (N-methyl/N-ethyl adjacent to an activating group) is 1. The summed E-state index contributed by atoms with van der Waals surface area (Å²) in [6.07, 6.45) is -2.48. The topological polar surface area (TPSA) is 72.9 Å². The van der Waals surface area contributed by atoms with Gasteiger partial charge in [-0.1, -0.05) is 6.92 Å². The van der Waals surface area contributed by atoms with Gasteiger partial charge in [0.1, 0.15) is 0 Å². The van der Waals surface area contributed by atoms with Crippen molar-refractivity contribution in [1.82, 2.24) is 15.1 Å². The molecule has 1 atom stereocenters. The van der Waals surface area contributed by atoms with Gasteiger partial charge < -0.3 is 11.1 Å². The van der Waals surface area contributed by atoms with Crippen molar-refractivity contribution < 1.29 is 18.0 Å². The van der Waals surface area contributed by atoms with Gasteiger partial charge in [0.25, 0.3) is 0 Å². The zero-order valence-electron chi connectivity index (χ0n) is 10.8. The van der Waals surface area contributed by atoms with Crippen LogP contribution in [0.15, 0.2) is 12.4 Å². The van der Waals surface area contributed by atoms with Gasteiger partial charge in [-0.3, -0.25) is 9.48 Å². The zero-order chi connectivity index (χ0) is 14.7. The molecule has 8 heteroatoms. The molecule has 19 heavy (non-hydrogen) atoms. The first-order chi connectivity index (χ1) is 8.69. The Hall–Kier alpha value is -1.57. The van der Waals surface area contributed by atoms with Crippen LogP contribution in [-0.4, -0.2) is 27.8 Å². The van der Waals surface area contributed by atoms with E-state index in [1.54, 1.807) is 6.92 Å². The molecule has 1 unspecified atom stereocenters. The fourth-order valence-corrected chi connectivity index (χ4v) is 1.66. The molecule has 1 amide bonds. The van der Waals surface area contributed by atoms with Crippen LogP contribution < -0.4 is 11.1 Å². The zero-order valence-corrected chi connectivity index (χ0v) is 10.8. The first-order valence-electron chi connectivity index (χ1n) is 5.83. The highest BCUT2D eigenvalue weighted by Gasteiger charge is 2.33. The molecule has 0 aliphatic carbocycles. The van der Waals surface area contributed by atoms with E-state index >= 15 is 0 Å². The first kappa shape index (κ1) is 15.5. The molecule has 3 N–H and O–H groups in total. The van der Waals surface area contributed by atoms with Crippen LogP contribution in [0, 0.1) is 0 Å². The SMILES string of the molecule is CCNC(C)(CCn1cc(C(F)(F)F)cn1)C(N)=O. The van der Waals surface area contributed by atoms with Crippen molar-refractivity contribution in [1.29, 1.82) is 0 Å². The summed E-state index contributed by atoms with van der Waals surface area (Å²) in [4.78, 5) is 11.3. The number of carbonyl (C=O) groups is 1. The van der Waals surface area contributed by atoms with Crippen molar-refractivity contribution >= 4 is 5.91 Å². The van der Waals surface area contributed by atoms with Crippen molar-refractivity contribution in [3.63, 3.8) is 0 Å². The Labute approximate surface area is 109 Å². The molecular weight excluding hydrogens is 261 g/mol. The highest BCUT2D eigenvalue weighted by Crippen LogP contribution is 2.28. The van der Waals surface area contributed by atoms with Gasteiger partial charge in [-0.25, -0.2) is 0 Å². The molecule has 1 aromatic rings. The summed E-state index contributed by atoms with van der Waals surface area (Å²) in [7, 11) is 0. The lowest BCUT2D eigenvalue weighted by atomic mass is 9.97. The number of hydrogen-bond acceptors (Lipinski definition) is 3. The largest absolute Gasteiger partial charge is 0.419 e. The Bertz CT molecular complexity index is 443. The maximum absolute atomic E-state index is 12.4. The molecule has 0 aliphatic rings. The second-order valence-corrected chi connectivity index (χ2v) is 4.47. The summed E-state index contributed by atoms with van der Waals surface area (Å²) in [5.41, 5.74) is 3.52. The van der Waals surface area contributed by atoms with Crippen LogP contribution in [0.5, 0.6) is 0 Å². The summed E-state index contributed by atoms with van der Waals surface area (Å²) in [5, 5.41) is 6.55. The number of primary amides is 1. The minimum atomic E-state index is -4.41. The molecule has 108 valence electrons. The van der Waals surface area contributed by atoms with E-state index in [4.69, 9.17) is 5.73 Å². The predicted molar refractivity (Wildman–Crippen MR) is 63.1 cm³/mol. The molecule has 1 aromatic heterocycles. The summed E-state index contributed by atoms with van der Waals surface area (Å²) in [5.74, 6) is -0.544. The van der Waals surface area contributed by atoms with E-state index in [9.17, 15) is 18.0 Å². The van der Waals surface area contributed by atoms with Crippen LogP contribution in [0.25, 0.3) is 0 Å². The van der Waals surface area contributed by atoms with E-state index in [-0.39, 0.29) is 13.0 Å². The maximum Gasteiger partial charge on any atom is 0.419 e. The standard InChI is InChI=1S/C11H17F3N4O/c1-3-16-10(2,9(15)19)4-5-18-7-8(6-17-18)11(12,13)14/h6-7,16H,3-5H2,1-2H3,(H2,15,19). The van der Waals surface area contributed by atoms with E-state index in [0.29, 0.717) is 6.54 Å². The fraction of sp³-hybridized carbons (Fsp3) is 0.636. The molecule has 0 radical (unpaired) electrons. The average Bonchev–Trinajstić information content (AvgIpc) is 2.75. The summed E-state index contributed by atoms with van der Waals surface area (Å²) in [6.45, 7) is 4.14. The van der Waals surface area contributed by atoms with Gasteiger partial charge in [0.15, 0.2) is 0 Å². The number of alkyl halides is 3. The average molecular weight is 278 g/mol. The van der Waals surface area contributed by atoms with Crippen molar-refractivity contribution in [2.75, 3.05) is 6.54 Å². The Balaban J connectivity index is 2.70. The Morgan fingerprint density at radius 1 is 1.53 bits per heavy atom. The second-order valence-electron chi connectivity index (χ2n) is 4.47. The van der Waals surface area contributed by atoms with Gasteiger partial charge in [0.05, 0.1) is 17.3 Å². The molecule has 0 saturated heterocycles. The Kier molecular flexibility index (Phi) is 4.56. The van der Waals surface area contributed by atoms with Crippen molar-refractivity contribution in [3.05, 3.63) is 18.0 Å². The van der Waals surface area contributed by atoms with Crippen LogP contribution in [-0.2, 0) is 17.5 Å². The number of nitrogens with two attached hydrogens (primary N) is 1. The summed E-state index contributed by atoms with van der Waals surface area (Å²) >= 11 is 0. The van der Waals surface area contributed by atoms with E-state index in [1.165, 1.54) is 0 Å². The molecule has 0 aliphatic heterocycles. The number of halogens is 3. The first-order valence-corrected chi connectivity index (χ1v) is 5.83. The molecule has 0 aromatic carbocycles. The lowest BCUT2D eigenvalue weighted by molar-refractivity contribution is -0.137. The van der Waals surface area contributed by atoms with Crippen LogP contribution in [0.1, 0.15) is 25.8 Å². The molecule has 1 rings (SSSR count). The molecular formula is C11H17F3N4O. The third-order valence-electron chi connectivity index (χ3n) is 2.91. The van der Waals surface area contributed by atoms with Crippen LogP contribution in [0.4, 0.5) is 13.2 Å². The second kappa shape index (κ2) is 5.60. The maximum atomic E-state index is 12.4. The summed E-state index contributed by atoms with van der Waals surface area (Å²) < 4.78 is 38.3. The number of aryl methyl sites for hydroxylation is 1. The van der Waals surface area contributed by atoms with Crippen LogP contribution in [0.2, 0.25) is 0 Å². The van der Waals surface area contributed by atoms with Gasteiger partial charge in [-0.2, -0.15) is 18.3 Å². The van der Waals surface area contributed by atoms with E-state index in [0.717, 1.165) is 17.1 Å². The van der Waals surface area contributed by atoms with E-state index in [2.05, 4.69) is 10.4 Å². The highest BCUT2D eigenvalue weighted by molar-refractivity contribution is 5.84. The van der Waals surface area contributed by atoms with Gasteiger partial charge in [-0.15, -0.1) is 0 Å². The molecule has 0 fully saturated rings. The highest BCUT2D eigenvalue weighted by atomic mass is 19.4. The molecule has 1 heterocycles. The number of nitrogens with one attached hydrogen (secondary N) is 1. The third kappa shape index (κ3) is 3.95.